The highest BCUT2D eigenvalue weighted by molar-refractivity contribution is 7.89. The first-order valence-corrected chi connectivity index (χ1v) is 12.3. The van der Waals surface area contributed by atoms with Gasteiger partial charge in [0.1, 0.15) is 5.70 Å². The molecule has 0 atom stereocenters. The van der Waals surface area contributed by atoms with E-state index < -0.39 is 21.8 Å². The number of sulfonamides is 1. The third kappa shape index (κ3) is 4.48. The van der Waals surface area contributed by atoms with Gasteiger partial charge in [-0.05, 0) is 36.4 Å². The van der Waals surface area contributed by atoms with E-state index in [4.69, 9.17) is 4.74 Å². The molecule has 0 radical (unpaired) electrons. The summed E-state index contributed by atoms with van der Waals surface area (Å²) in [4.78, 5) is 28.6. The monoisotopic (exact) mass is 488 g/mol. The maximum Gasteiger partial charge on any atom is 0.343 e. The molecule has 178 valence electrons. The number of esters is 1. The molecule has 1 heterocycles. The second-order valence-electron chi connectivity index (χ2n) is 8.02. The van der Waals surface area contributed by atoms with Gasteiger partial charge < -0.3 is 9.64 Å². The molecular formula is C27H24N2O5S. The molecule has 0 saturated heterocycles. The number of carbonyl (C=O) groups is 2. The quantitative estimate of drug-likeness (QED) is 0.279. The Morgan fingerprint density at radius 3 is 2.17 bits per heavy atom. The Kier molecular flexibility index (Phi) is 6.57. The molecule has 3 aromatic rings. The minimum Gasteiger partial charge on any atom is -0.420 e. The first-order valence-electron chi connectivity index (χ1n) is 10.8. The minimum absolute atomic E-state index is 0.0581. The van der Waals surface area contributed by atoms with Crippen LogP contribution in [-0.4, -0.2) is 45.1 Å². The lowest BCUT2D eigenvalue weighted by Crippen LogP contribution is -2.38. The first-order chi connectivity index (χ1) is 16.8. The molecule has 0 fully saturated rings. The van der Waals surface area contributed by atoms with E-state index in [-0.39, 0.29) is 39.6 Å². The molecule has 0 bridgehead atoms. The molecule has 7 nitrogen and oxygen atoms in total. The van der Waals surface area contributed by atoms with Crippen molar-refractivity contribution in [3.63, 3.8) is 0 Å². The number of fused-ring (bicyclic) bond motifs is 1. The summed E-state index contributed by atoms with van der Waals surface area (Å²) in [7, 11) is -0.345. The molecule has 0 amide bonds. The smallest absolute Gasteiger partial charge is 0.343 e. The molecule has 0 aromatic heterocycles. The Labute approximate surface area is 204 Å². The Morgan fingerprint density at radius 1 is 0.914 bits per heavy atom. The van der Waals surface area contributed by atoms with Crippen LogP contribution in [0.1, 0.15) is 26.3 Å². The molecule has 4 rings (SSSR count). The minimum atomic E-state index is -4.11. The van der Waals surface area contributed by atoms with Gasteiger partial charge in [-0.1, -0.05) is 48.5 Å². The van der Waals surface area contributed by atoms with Crippen LogP contribution in [0.2, 0.25) is 0 Å². The van der Waals surface area contributed by atoms with E-state index in [2.05, 4.69) is 6.58 Å². The number of Topliss-reactive ketones (excluding diaryl/α,β-unsaturated/α-hetero) is 1. The highest BCUT2D eigenvalue weighted by Crippen LogP contribution is 2.39. The Hall–Kier alpha value is -4.17. The second kappa shape index (κ2) is 9.60. The van der Waals surface area contributed by atoms with Crippen molar-refractivity contribution in [3.05, 3.63) is 114 Å². The number of anilines is 1. The van der Waals surface area contributed by atoms with Crippen LogP contribution in [0.25, 0.3) is 5.76 Å². The first kappa shape index (κ1) is 24.0. The predicted octanol–water partition coefficient (Wildman–Crippen LogP) is 4.35. The highest BCUT2D eigenvalue weighted by Gasteiger charge is 2.41. The summed E-state index contributed by atoms with van der Waals surface area (Å²) in [5.41, 5.74) is 1.32. The van der Waals surface area contributed by atoms with Crippen molar-refractivity contribution in [2.45, 2.75) is 4.90 Å². The summed E-state index contributed by atoms with van der Waals surface area (Å²) in [6, 6.07) is 21.2. The van der Waals surface area contributed by atoms with Gasteiger partial charge >= 0.3 is 5.97 Å². The average Bonchev–Trinajstić information content (AvgIpc) is 2.87. The molecule has 0 saturated carbocycles. The van der Waals surface area contributed by atoms with Crippen LogP contribution in [0, 0.1) is 0 Å². The Morgan fingerprint density at radius 2 is 1.54 bits per heavy atom. The number of allylic oxidation sites excluding steroid dienone is 1. The van der Waals surface area contributed by atoms with E-state index in [1.807, 2.05) is 19.0 Å². The molecule has 1 aliphatic heterocycles. The summed E-state index contributed by atoms with van der Waals surface area (Å²) in [6.45, 7) is 3.47. The Bertz CT molecular complexity index is 1430. The lowest BCUT2D eigenvalue weighted by molar-refractivity contribution is 0.0686. The van der Waals surface area contributed by atoms with Crippen LogP contribution in [0.4, 0.5) is 5.69 Å². The molecule has 35 heavy (non-hydrogen) atoms. The van der Waals surface area contributed by atoms with Crippen molar-refractivity contribution in [2.75, 3.05) is 25.5 Å². The average molecular weight is 489 g/mol. The molecule has 1 aliphatic rings. The zero-order chi connectivity index (χ0) is 25.2. The predicted molar refractivity (Wildman–Crippen MR) is 134 cm³/mol. The van der Waals surface area contributed by atoms with Gasteiger partial charge in [0.15, 0.2) is 5.76 Å². The molecule has 0 spiro atoms. The maximum absolute atomic E-state index is 13.6. The van der Waals surface area contributed by atoms with Gasteiger partial charge in [-0.2, -0.15) is 0 Å². The number of ketones is 1. The van der Waals surface area contributed by atoms with E-state index in [0.29, 0.717) is 0 Å². The maximum atomic E-state index is 13.6. The molecule has 0 aliphatic carbocycles. The normalized spacial score (nSPS) is 14.2. The van der Waals surface area contributed by atoms with Crippen molar-refractivity contribution >= 4 is 33.2 Å². The van der Waals surface area contributed by atoms with Crippen molar-refractivity contribution < 1.29 is 22.7 Å². The summed E-state index contributed by atoms with van der Waals surface area (Å²) in [5.74, 6) is -1.42. The summed E-state index contributed by atoms with van der Waals surface area (Å²) >= 11 is 0. The molecular weight excluding hydrogens is 464 g/mol. The zero-order valence-electron chi connectivity index (χ0n) is 19.3. The van der Waals surface area contributed by atoms with Gasteiger partial charge in [0, 0.05) is 30.9 Å². The van der Waals surface area contributed by atoms with Crippen molar-refractivity contribution in [2.24, 2.45) is 0 Å². The number of rotatable bonds is 7. The number of nitrogens with zero attached hydrogens (tertiary/aromatic N) is 2. The van der Waals surface area contributed by atoms with Gasteiger partial charge in [-0.25, -0.2) is 13.2 Å². The van der Waals surface area contributed by atoms with Gasteiger partial charge in [0.2, 0.25) is 5.78 Å². The van der Waals surface area contributed by atoms with Crippen LogP contribution in [-0.2, 0) is 14.8 Å². The largest absolute Gasteiger partial charge is 0.420 e. The molecule has 0 N–H and O–H groups in total. The third-order valence-electron chi connectivity index (χ3n) is 5.52. The van der Waals surface area contributed by atoms with E-state index in [1.54, 1.807) is 66.7 Å². The van der Waals surface area contributed by atoms with Gasteiger partial charge in [-0.15, -0.1) is 6.58 Å². The van der Waals surface area contributed by atoms with E-state index in [1.165, 1.54) is 18.2 Å². The van der Waals surface area contributed by atoms with E-state index in [9.17, 15) is 18.0 Å². The summed E-state index contributed by atoms with van der Waals surface area (Å²) < 4.78 is 33.7. The number of carbonyl (C=O) groups excluding carboxylic acids is 2. The molecule has 3 aromatic carbocycles. The van der Waals surface area contributed by atoms with Crippen LogP contribution in [0.5, 0.6) is 0 Å². The second-order valence-corrected chi connectivity index (χ2v) is 9.86. The fraction of sp³-hybridized carbons (Fsp3) is 0.111. The lowest BCUT2D eigenvalue weighted by atomic mass is 10.0. The van der Waals surface area contributed by atoms with Gasteiger partial charge in [0.25, 0.3) is 10.0 Å². The fourth-order valence-corrected chi connectivity index (χ4v) is 5.39. The Balaban J connectivity index is 1.91. The molecule has 0 unspecified atom stereocenters. The van der Waals surface area contributed by atoms with E-state index in [0.717, 1.165) is 9.99 Å². The van der Waals surface area contributed by atoms with Crippen LogP contribution in [0.15, 0.2) is 102 Å². The fourth-order valence-electron chi connectivity index (χ4n) is 3.76. The van der Waals surface area contributed by atoms with E-state index >= 15 is 0 Å². The third-order valence-corrected chi connectivity index (χ3v) is 7.35. The van der Waals surface area contributed by atoms with Crippen LogP contribution in [0.3, 0.4) is 0 Å². The van der Waals surface area contributed by atoms with Crippen LogP contribution < -0.4 is 4.90 Å². The van der Waals surface area contributed by atoms with Gasteiger partial charge in [0.05, 0.1) is 17.0 Å². The molecule has 8 heteroatoms. The zero-order valence-corrected chi connectivity index (χ0v) is 20.2. The standard InChI is InChI=1S/C27H24N2O5S/c1-4-18-29-24(25(30)19-10-6-5-7-11-19)26(22-12-8-9-13-23(22)35(29,32)33)34-27(31)20-14-16-21(17-15-20)28(2)3/h4-17H,1,18H2,2-3H3. The number of hydrogen-bond donors (Lipinski definition) is 0. The number of hydrogen-bond acceptors (Lipinski definition) is 6. The van der Waals surface area contributed by atoms with Crippen LogP contribution >= 0.6 is 0 Å². The lowest BCUT2D eigenvalue weighted by Gasteiger charge is -2.32. The van der Waals surface area contributed by atoms with Crippen molar-refractivity contribution in [1.82, 2.24) is 4.31 Å². The van der Waals surface area contributed by atoms with Gasteiger partial charge in [-0.3, -0.25) is 9.10 Å². The summed E-state index contributed by atoms with van der Waals surface area (Å²) in [5, 5.41) is 0. The number of ether oxygens (including phenoxy) is 1. The van der Waals surface area contributed by atoms with Crippen molar-refractivity contribution in [3.8, 4) is 0 Å². The van der Waals surface area contributed by atoms with Crippen molar-refractivity contribution in [1.29, 1.82) is 0 Å². The number of benzene rings is 3. The topological polar surface area (TPSA) is 84.0 Å². The SMILES string of the molecule is C=CCN1C(C(=O)c2ccccc2)=C(OC(=O)c2ccc(N(C)C)cc2)c2ccccc2S1(=O)=O. The highest BCUT2D eigenvalue weighted by atomic mass is 32.2. The summed E-state index contributed by atoms with van der Waals surface area (Å²) in [6.07, 6.45) is 1.38.